The third kappa shape index (κ3) is 4.03. The van der Waals surface area contributed by atoms with E-state index in [4.69, 9.17) is 0 Å². The van der Waals surface area contributed by atoms with Crippen LogP contribution in [0.1, 0.15) is 45.2 Å². The fraction of sp³-hybridized carbons (Fsp3) is 0.450. The minimum absolute atomic E-state index is 0.177. The first kappa shape index (κ1) is 17.5. The third-order valence-electron chi connectivity index (χ3n) is 4.53. The van der Waals surface area contributed by atoms with Gasteiger partial charge in [0.25, 0.3) is 0 Å². The third-order valence-corrected chi connectivity index (χ3v) is 4.53. The summed E-state index contributed by atoms with van der Waals surface area (Å²) in [7, 11) is 0. The van der Waals surface area contributed by atoms with Gasteiger partial charge >= 0.3 is 0 Å². The standard InChI is InChI=1S/C20H24FN3O/c1-20(2,3)19(25)24-11-5-7-15(13-24)17-9-10-22-18(23-17)14-6-4-8-16(21)12-14/h4,6,8-10,12,15H,5,7,11,13H2,1-3H3/t15-/m0/s1. The number of aromatic nitrogens is 2. The molecular weight excluding hydrogens is 317 g/mol. The summed E-state index contributed by atoms with van der Waals surface area (Å²) in [6.45, 7) is 7.33. The molecule has 0 saturated carbocycles. The van der Waals surface area contributed by atoms with E-state index in [1.54, 1.807) is 18.3 Å². The molecule has 3 rings (SSSR count). The Hall–Kier alpha value is -2.30. The highest BCUT2D eigenvalue weighted by Crippen LogP contribution is 2.29. The molecule has 0 aliphatic carbocycles. The number of nitrogens with zero attached hydrogens (tertiary/aromatic N) is 3. The Morgan fingerprint density at radius 3 is 2.80 bits per heavy atom. The summed E-state index contributed by atoms with van der Waals surface area (Å²) in [6, 6.07) is 8.21. The van der Waals surface area contributed by atoms with Crippen LogP contribution in [0.3, 0.4) is 0 Å². The average Bonchev–Trinajstić information content (AvgIpc) is 2.60. The summed E-state index contributed by atoms with van der Waals surface area (Å²) in [5.74, 6) is 0.592. The Morgan fingerprint density at radius 2 is 2.08 bits per heavy atom. The van der Waals surface area contributed by atoms with E-state index in [0.29, 0.717) is 17.9 Å². The lowest BCUT2D eigenvalue weighted by molar-refractivity contribution is -0.140. The minimum Gasteiger partial charge on any atom is -0.342 e. The minimum atomic E-state index is -0.375. The quantitative estimate of drug-likeness (QED) is 0.828. The van der Waals surface area contributed by atoms with E-state index in [-0.39, 0.29) is 23.1 Å². The zero-order chi connectivity index (χ0) is 18.0. The SMILES string of the molecule is CC(C)(C)C(=O)N1CCC[C@H](c2ccnc(-c3cccc(F)c3)n2)C1. The van der Waals surface area contributed by atoms with Gasteiger partial charge in [0.15, 0.2) is 5.82 Å². The predicted octanol–water partition coefficient (Wildman–Crippen LogP) is 4.03. The molecule has 1 aliphatic heterocycles. The molecule has 2 aromatic rings. The van der Waals surface area contributed by atoms with Crippen LogP contribution >= 0.6 is 0 Å². The molecule has 1 atom stereocenters. The number of halogens is 1. The summed E-state index contributed by atoms with van der Waals surface area (Å²) >= 11 is 0. The van der Waals surface area contributed by atoms with Crippen molar-refractivity contribution < 1.29 is 9.18 Å². The predicted molar refractivity (Wildman–Crippen MR) is 95.4 cm³/mol. The van der Waals surface area contributed by atoms with Gasteiger partial charge in [0, 0.05) is 41.9 Å². The van der Waals surface area contributed by atoms with Gasteiger partial charge in [-0.15, -0.1) is 0 Å². The maximum atomic E-state index is 13.5. The number of likely N-dealkylation sites (tertiary alicyclic amines) is 1. The van der Waals surface area contributed by atoms with E-state index in [9.17, 15) is 9.18 Å². The molecular formula is C20H24FN3O. The van der Waals surface area contributed by atoms with Gasteiger partial charge in [-0.25, -0.2) is 14.4 Å². The molecule has 2 heterocycles. The van der Waals surface area contributed by atoms with Crippen LogP contribution in [-0.4, -0.2) is 33.9 Å². The van der Waals surface area contributed by atoms with Crippen molar-refractivity contribution in [2.24, 2.45) is 5.41 Å². The average molecular weight is 341 g/mol. The number of hydrogen-bond acceptors (Lipinski definition) is 3. The zero-order valence-corrected chi connectivity index (χ0v) is 15.0. The van der Waals surface area contributed by atoms with Gasteiger partial charge in [-0.3, -0.25) is 4.79 Å². The highest BCUT2D eigenvalue weighted by Gasteiger charge is 2.32. The molecule has 1 amide bonds. The maximum Gasteiger partial charge on any atom is 0.227 e. The second kappa shape index (κ2) is 6.90. The van der Waals surface area contributed by atoms with Crippen molar-refractivity contribution in [1.29, 1.82) is 0 Å². The molecule has 5 heteroatoms. The molecule has 132 valence electrons. The summed E-state index contributed by atoms with van der Waals surface area (Å²) in [5.41, 5.74) is 1.21. The van der Waals surface area contributed by atoms with E-state index >= 15 is 0 Å². The lowest BCUT2D eigenvalue weighted by Gasteiger charge is -2.36. The molecule has 1 fully saturated rings. The maximum absolute atomic E-state index is 13.5. The van der Waals surface area contributed by atoms with E-state index in [2.05, 4.69) is 9.97 Å². The van der Waals surface area contributed by atoms with Crippen LogP contribution in [0.15, 0.2) is 36.5 Å². The Bertz CT molecular complexity index is 770. The first-order chi connectivity index (χ1) is 11.8. The van der Waals surface area contributed by atoms with Crippen LogP contribution in [0.5, 0.6) is 0 Å². The number of hydrogen-bond donors (Lipinski definition) is 0. The molecule has 0 radical (unpaired) electrons. The van der Waals surface area contributed by atoms with E-state index in [1.165, 1.54) is 12.1 Å². The van der Waals surface area contributed by atoms with Crippen molar-refractivity contribution in [3.63, 3.8) is 0 Å². The summed E-state index contributed by atoms with van der Waals surface area (Å²) in [5, 5.41) is 0. The van der Waals surface area contributed by atoms with Gasteiger partial charge in [-0.2, -0.15) is 0 Å². The first-order valence-corrected chi connectivity index (χ1v) is 8.73. The molecule has 0 bridgehead atoms. The largest absolute Gasteiger partial charge is 0.342 e. The number of benzene rings is 1. The van der Waals surface area contributed by atoms with Crippen molar-refractivity contribution in [2.45, 2.75) is 39.5 Å². The highest BCUT2D eigenvalue weighted by molar-refractivity contribution is 5.81. The molecule has 0 spiro atoms. The van der Waals surface area contributed by atoms with E-state index in [1.807, 2.05) is 31.7 Å². The number of carbonyl (C=O) groups excluding carboxylic acids is 1. The van der Waals surface area contributed by atoms with E-state index in [0.717, 1.165) is 25.1 Å². The number of amides is 1. The van der Waals surface area contributed by atoms with Gasteiger partial charge < -0.3 is 4.90 Å². The van der Waals surface area contributed by atoms with Gasteiger partial charge in [-0.1, -0.05) is 32.9 Å². The zero-order valence-electron chi connectivity index (χ0n) is 15.0. The molecule has 4 nitrogen and oxygen atoms in total. The Kier molecular flexibility index (Phi) is 4.84. The number of rotatable bonds is 2. The van der Waals surface area contributed by atoms with Crippen LogP contribution < -0.4 is 0 Å². The molecule has 1 aromatic heterocycles. The van der Waals surface area contributed by atoms with Crippen LogP contribution in [0.4, 0.5) is 4.39 Å². The van der Waals surface area contributed by atoms with Crippen LogP contribution in [0.25, 0.3) is 11.4 Å². The first-order valence-electron chi connectivity index (χ1n) is 8.73. The molecule has 1 aliphatic rings. The highest BCUT2D eigenvalue weighted by atomic mass is 19.1. The lowest BCUT2D eigenvalue weighted by Crippen LogP contribution is -2.44. The fourth-order valence-corrected chi connectivity index (χ4v) is 3.24. The van der Waals surface area contributed by atoms with Crippen LogP contribution in [0, 0.1) is 11.2 Å². The monoisotopic (exact) mass is 341 g/mol. The number of piperidine rings is 1. The summed E-state index contributed by atoms with van der Waals surface area (Å²) in [6.07, 6.45) is 3.67. The smallest absolute Gasteiger partial charge is 0.227 e. The van der Waals surface area contributed by atoms with Crippen molar-refractivity contribution in [2.75, 3.05) is 13.1 Å². The molecule has 0 unspecified atom stereocenters. The Labute approximate surface area is 148 Å². The van der Waals surface area contributed by atoms with Crippen molar-refractivity contribution in [1.82, 2.24) is 14.9 Å². The fourth-order valence-electron chi connectivity index (χ4n) is 3.24. The Balaban J connectivity index is 1.82. The van der Waals surface area contributed by atoms with Crippen molar-refractivity contribution in [3.05, 3.63) is 48.0 Å². The summed E-state index contributed by atoms with van der Waals surface area (Å²) < 4.78 is 13.5. The second-order valence-corrected chi connectivity index (χ2v) is 7.66. The van der Waals surface area contributed by atoms with Crippen molar-refractivity contribution >= 4 is 5.91 Å². The normalized spacial score (nSPS) is 18.2. The van der Waals surface area contributed by atoms with Crippen LogP contribution in [0.2, 0.25) is 0 Å². The van der Waals surface area contributed by atoms with E-state index < -0.39 is 0 Å². The van der Waals surface area contributed by atoms with Crippen LogP contribution in [-0.2, 0) is 4.79 Å². The topological polar surface area (TPSA) is 46.1 Å². The van der Waals surface area contributed by atoms with Gasteiger partial charge in [-0.05, 0) is 31.0 Å². The summed E-state index contributed by atoms with van der Waals surface area (Å²) in [4.78, 5) is 23.4. The molecule has 0 N–H and O–H groups in total. The number of carbonyl (C=O) groups is 1. The molecule has 1 saturated heterocycles. The Morgan fingerprint density at radius 1 is 1.28 bits per heavy atom. The van der Waals surface area contributed by atoms with Gasteiger partial charge in [0.1, 0.15) is 5.82 Å². The van der Waals surface area contributed by atoms with Gasteiger partial charge in [0.05, 0.1) is 0 Å². The molecule has 1 aromatic carbocycles. The van der Waals surface area contributed by atoms with Gasteiger partial charge in [0.2, 0.25) is 5.91 Å². The van der Waals surface area contributed by atoms with Crippen molar-refractivity contribution in [3.8, 4) is 11.4 Å². The lowest BCUT2D eigenvalue weighted by atomic mass is 9.90. The molecule has 25 heavy (non-hydrogen) atoms. The second-order valence-electron chi connectivity index (χ2n) is 7.66.